The van der Waals surface area contributed by atoms with Gasteiger partial charge in [-0.05, 0) is 43.7 Å². The van der Waals surface area contributed by atoms with E-state index in [0.717, 1.165) is 16.7 Å². The fraction of sp³-hybridized carbons (Fsp3) is 0.222. The highest BCUT2D eigenvalue weighted by Gasteiger charge is 2.14. The summed E-state index contributed by atoms with van der Waals surface area (Å²) >= 11 is 0. The Hall–Kier alpha value is -2.51. The lowest BCUT2D eigenvalue weighted by molar-refractivity contribution is 0.502. The average molecular weight is 357 g/mol. The first kappa shape index (κ1) is 17.3. The van der Waals surface area contributed by atoms with Crippen molar-refractivity contribution in [3.05, 3.63) is 65.5 Å². The Morgan fingerprint density at radius 1 is 1.00 bits per heavy atom. The lowest BCUT2D eigenvalue weighted by Gasteiger charge is -2.06. The second kappa shape index (κ2) is 7.16. The Labute approximate surface area is 147 Å². The molecule has 0 amide bonds. The molecule has 1 aromatic heterocycles. The van der Waals surface area contributed by atoms with E-state index in [2.05, 4.69) is 14.9 Å². The Balaban J connectivity index is 1.62. The minimum atomic E-state index is -3.54. The highest BCUT2D eigenvalue weighted by Crippen LogP contribution is 2.18. The average Bonchev–Trinajstić information content (AvgIpc) is 3.04. The number of aromatic nitrogens is 2. The molecule has 130 valence electrons. The maximum absolute atomic E-state index is 12.3. The van der Waals surface area contributed by atoms with Gasteiger partial charge in [0.1, 0.15) is 0 Å². The van der Waals surface area contributed by atoms with Crippen LogP contribution < -0.4 is 4.72 Å². The van der Waals surface area contributed by atoms with E-state index in [9.17, 15) is 8.42 Å². The van der Waals surface area contributed by atoms with Crippen LogP contribution in [0.3, 0.4) is 0 Å². The van der Waals surface area contributed by atoms with E-state index in [1.165, 1.54) is 0 Å². The van der Waals surface area contributed by atoms with Gasteiger partial charge in [-0.1, -0.05) is 29.8 Å². The van der Waals surface area contributed by atoms with Crippen LogP contribution in [-0.2, 0) is 16.4 Å². The quantitative estimate of drug-likeness (QED) is 0.733. The maximum atomic E-state index is 12.3. The molecule has 0 atom stereocenters. The molecule has 0 unspecified atom stereocenters. The number of nitrogens with zero attached hydrogens (tertiary/aromatic N) is 2. The van der Waals surface area contributed by atoms with Gasteiger partial charge in [0.2, 0.25) is 21.8 Å². The molecule has 0 bridgehead atoms. The molecule has 0 aliphatic rings. The van der Waals surface area contributed by atoms with Crippen LogP contribution in [0.2, 0.25) is 0 Å². The van der Waals surface area contributed by atoms with E-state index in [1.807, 2.05) is 44.2 Å². The molecule has 6 nitrogen and oxygen atoms in total. The zero-order chi connectivity index (χ0) is 17.9. The van der Waals surface area contributed by atoms with Crippen LogP contribution >= 0.6 is 0 Å². The molecule has 0 aliphatic heterocycles. The summed E-state index contributed by atoms with van der Waals surface area (Å²) < 4.78 is 32.7. The third-order valence-corrected chi connectivity index (χ3v) is 5.15. The number of nitrogens with one attached hydrogen (secondary N) is 1. The molecule has 3 rings (SSSR count). The van der Waals surface area contributed by atoms with Gasteiger partial charge in [0.05, 0.1) is 4.90 Å². The van der Waals surface area contributed by atoms with Crippen LogP contribution in [0.25, 0.3) is 11.5 Å². The van der Waals surface area contributed by atoms with Crippen LogP contribution in [0.1, 0.15) is 17.0 Å². The smallest absolute Gasteiger partial charge is 0.247 e. The van der Waals surface area contributed by atoms with Crippen LogP contribution in [0.15, 0.2) is 57.8 Å². The fourth-order valence-corrected chi connectivity index (χ4v) is 3.46. The van der Waals surface area contributed by atoms with Gasteiger partial charge >= 0.3 is 0 Å². The van der Waals surface area contributed by atoms with Crippen molar-refractivity contribution in [1.29, 1.82) is 0 Å². The molecule has 1 N–H and O–H groups in total. The lowest BCUT2D eigenvalue weighted by Crippen LogP contribution is -2.26. The summed E-state index contributed by atoms with van der Waals surface area (Å²) in [6.07, 6.45) is 0.323. The van der Waals surface area contributed by atoms with Crippen molar-refractivity contribution < 1.29 is 12.8 Å². The predicted molar refractivity (Wildman–Crippen MR) is 94.5 cm³/mol. The van der Waals surface area contributed by atoms with Crippen molar-refractivity contribution >= 4 is 10.0 Å². The van der Waals surface area contributed by atoms with E-state index in [0.29, 0.717) is 18.2 Å². The number of aryl methyl sites for hydroxylation is 2. The monoisotopic (exact) mass is 357 g/mol. The SMILES string of the molecule is Cc1ccc(-c2nnc(CCNS(=O)(=O)c3cccc(C)c3)o2)cc1. The predicted octanol–water partition coefficient (Wildman–Crippen LogP) is 2.87. The Bertz CT molecular complexity index is 963. The fourth-order valence-electron chi connectivity index (χ4n) is 2.33. The first-order chi connectivity index (χ1) is 11.9. The molecule has 1 heterocycles. The lowest BCUT2D eigenvalue weighted by atomic mass is 10.1. The molecular formula is C18H19N3O3S. The summed E-state index contributed by atoms with van der Waals surface area (Å²) in [5.41, 5.74) is 2.88. The van der Waals surface area contributed by atoms with Crippen LogP contribution in [0, 0.1) is 13.8 Å². The standard InChI is InChI=1S/C18H19N3O3S/c1-13-6-8-15(9-7-13)18-21-20-17(24-18)10-11-19-25(22,23)16-5-3-4-14(2)12-16/h3-9,12,19H,10-11H2,1-2H3. The van der Waals surface area contributed by atoms with Crippen molar-refractivity contribution in [2.45, 2.75) is 25.2 Å². The van der Waals surface area contributed by atoms with E-state index in [4.69, 9.17) is 4.42 Å². The van der Waals surface area contributed by atoms with Gasteiger partial charge in [0.15, 0.2) is 0 Å². The Kier molecular flexibility index (Phi) is 4.96. The van der Waals surface area contributed by atoms with E-state index >= 15 is 0 Å². The summed E-state index contributed by atoms with van der Waals surface area (Å²) in [5.74, 6) is 0.819. The van der Waals surface area contributed by atoms with E-state index in [-0.39, 0.29) is 11.4 Å². The third kappa shape index (κ3) is 4.32. The number of hydrogen-bond acceptors (Lipinski definition) is 5. The zero-order valence-corrected chi connectivity index (χ0v) is 14.9. The second-order valence-electron chi connectivity index (χ2n) is 5.83. The molecule has 0 spiro atoms. The molecule has 0 saturated carbocycles. The molecule has 0 aliphatic carbocycles. The summed E-state index contributed by atoms with van der Waals surface area (Å²) in [6.45, 7) is 4.04. The van der Waals surface area contributed by atoms with Crippen molar-refractivity contribution in [3.8, 4) is 11.5 Å². The maximum Gasteiger partial charge on any atom is 0.247 e. The van der Waals surface area contributed by atoms with Crippen LogP contribution in [0.4, 0.5) is 0 Å². The summed E-state index contributed by atoms with van der Waals surface area (Å²) in [4.78, 5) is 0.248. The van der Waals surface area contributed by atoms with Gasteiger partial charge in [-0.2, -0.15) is 0 Å². The zero-order valence-electron chi connectivity index (χ0n) is 14.1. The summed E-state index contributed by atoms with van der Waals surface area (Å²) in [6, 6.07) is 14.5. The first-order valence-electron chi connectivity index (χ1n) is 7.90. The first-order valence-corrected chi connectivity index (χ1v) is 9.38. The normalized spacial score (nSPS) is 11.6. The van der Waals surface area contributed by atoms with Gasteiger partial charge in [0, 0.05) is 18.5 Å². The molecule has 0 fully saturated rings. The highest BCUT2D eigenvalue weighted by atomic mass is 32.2. The second-order valence-corrected chi connectivity index (χ2v) is 7.60. The van der Waals surface area contributed by atoms with Crippen molar-refractivity contribution in [3.63, 3.8) is 0 Å². The molecular weight excluding hydrogens is 338 g/mol. The number of rotatable bonds is 6. The largest absolute Gasteiger partial charge is 0.421 e. The Morgan fingerprint density at radius 3 is 2.48 bits per heavy atom. The van der Waals surface area contributed by atoms with Crippen LogP contribution in [0.5, 0.6) is 0 Å². The minimum absolute atomic E-state index is 0.186. The van der Waals surface area contributed by atoms with Gasteiger partial charge in [0.25, 0.3) is 0 Å². The molecule has 2 aromatic carbocycles. The van der Waals surface area contributed by atoms with E-state index in [1.54, 1.807) is 18.2 Å². The minimum Gasteiger partial charge on any atom is -0.421 e. The third-order valence-electron chi connectivity index (χ3n) is 3.70. The topological polar surface area (TPSA) is 85.1 Å². The summed E-state index contributed by atoms with van der Waals surface area (Å²) in [7, 11) is -3.54. The van der Waals surface area contributed by atoms with Crippen molar-refractivity contribution in [1.82, 2.24) is 14.9 Å². The molecule has 3 aromatic rings. The van der Waals surface area contributed by atoms with E-state index < -0.39 is 10.0 Å². The van der Waals surface area contributed by atoms with Crippen molar-refractivity contribution in [2.24, 2.45) is 0 Å². The number of hydrogen-bond donors (Lipinski definition) is 1. The highest BCUT2D eigenvalue weighted by molar-refractivity contribution is 7.89. The van der Waals surface area contributed by atoms with Gasteiger partial charge in [-0.15, -0.1) is 10.2 Å². The van der Waals surface area contributed by atoms with Gasteiger partial charge in [-0.25, -0.2) is 13.1 Å². The number of benzene rings is 2. The Morgan fingerprint density at radius 2 is 1.76 bits per heavy atom. The van der Waals surface area contributed by atoms with Gasteiger partial charge < -0.3 is 4.42 Å². The molecule has 7 heteroatoms. The molecule has 0 saturated heterocycles. The summed E-state index contributed by atoms with van der Waals surface area (Å²) in [5, 5.41) is 7.98. The van der Waals surface area contributed by atoms with Gasteiger partial charge in [-0.3, -0.25) is 0 Å². The number of sulfonamides is 1. The van der Waals surface area contributed by atoms with Crippen LogP contribution in [-0.4, -0.2) is 25.2 Å². The molecule has 25 heavy (non-hydrogen) atoms. The van der Waals surface area contributed by atoms with Crippen molar-refractivity contribution in [2.75, 3.05) is 6.54 Å². The molecule has 0 radical (unpaired) electrons.